The lowest BCUT2D eigenvalue weighted by Crippen LogP contribution is -2.04. The molecule has 2 N–H and O–H groups in total. The number of hydrogen-bond donors (Lipinski definition) is 2. The van der Waals surface area contributed by atoms with Crippen LogP contribution >= 0.6 is 11.3 Å². The van der Waals surface area contributed by atoms with Crippen LogP contribution < -0.4 is 15.0 Å². The maximum atomic E-state index is 11.6. The lowest BCUT2D eigenvalue weighted by atomic mass is 10.1. The van der Waals surface area contributed by atoms with Gasteiger partial charge >= 0.3 is 0 Å². The zero-order valence-electron chi connectivity index (χ0n) is 13.4. The van der Waals surface area contributed by atoms with Gasteiger partial charge in [0.25, 0.3) is 5.56 Å². The molecule has 3 aromatic rings. The molecule has 0 bridgehead atoms. The van der Waals surface area contributed by atoms with Crippen LogP contribution in [0.3, 0.4) is 0 Å². The van der Waals surface area contributed by atoms with E-state index in [9.17, 15) is 4.79 Å². The van der Waals surface area contributed by atoms with Crippen molar-refractivity contribution >= 4 is 22.7 Å². The van der Waals surface area contributed by atoms with Crippen LogP contribution in [0.1, 0.15) is 11.3 Å². The maximum absolute atomic E-state index is 11.6. The van der Waals surface area contributed by atoms with E-state index in [1.807, 2.05) is 23.6 Å². The van der Waals surface area contributed by atoms with E-state index in [0.717, 1.165) is 17.0 Å². The number of methoxy groups -OCH3 is 2. The molecule has 0 spiro atoms. The van der Waals surface area contributed by atoms with Gasteiger partial charge in [0, 0.05) is 22.9 Å². The number of aryl methyl sites for hydroxylation is 1. The first-order chi connectivity index (χ1) is 11.6. The summed E-state index contributed by atoms with van der Waals surface area (Å²) in [5.74, 6) is 1.31. The zero-order valence-corrected chi connectivity index (χ0v) is 14.2. The molecule has 0 fully saturated rings. The monoisotopic (exact) mass is 344 g/mol. The Bertz CT molecular complexity index is 939. The van der Waals surface area contributed by atoms with Crippen molar-refractivity contribution in [2.75, 3.05) is 14.2 Å². The Morgan fingerprint density at radius 3 is 2.67 bits per heavy atom. The van der Waals surface area contributed by atoms with E-state index >= 15 is 0 Å². The summed E-state index contributed by atoms with van der Waals surface area (Å²) < 4.78 is 10.5. The Hall–Kier alpha value is -2.87. The van der Waals surface area contributed by atoms with Crippen molar-refractivity contribution in [3.05, 3.63) is 45.2 Å². The highest BCUT2D eigenvalue weighted by atomic mass is 32.1. The fourth-order valence-electron chi connectivity index (χ4n) is 2.18. The van der Waals surface area contributed by atoms with Crippen molar-refractivity contribution < 1.29 is 9.47 Å². The fourth-order valence-corrected chi connectivity index (χ4v) is 2.85. The average Bonchev–Trinajstić information content (AvgIpc) is 3.19. The normalized spacial score (nSPS) is 11.1. The molecule has 3 rings (SSSR count). The lowest BCUT2D eigenvalue weighted by molar-refractivity contribution is 0.355. The SMILES string of the molecule is COc1ccc(-c2csc(N=Cc3c(C)[nH][nH]c3=O)n2)cc1OC. The van der Waals surface area contributed by atoms with Crippen LogP contribution in [0.2, 0.25) is 0 Å². The molecule has 0 aliphatic carbocycles. The van der Waals surface area contributed by atoms with Gasteiger partial charge in [-0.25, -0.2) is 9.98 Å². The third-order valence-corrected chi connectivity index (χ3v) is 4.24. The molecule has 0 unspecified atom stereocenters. The first-order valence-corrected chi connectivity index (χ1v) is 7.99. The number of aliphatic imine (C=N–C) groups is 1. The van der Waals surface area contributed by atoms with Gasteiger partial charge in [-0.3, -0.25) is 9.89 Å². The molecule has 0 amide bonds. The molecule has 0 radical (unpaired) electrons. The van der Waals surface area contributed by atoms with E-state index in [2.05, 4.69) is 20.2 Å². The largest absolute Gasteiger partial charge is 0.493 e. The molecule has 0 saturated heterocycles. The molecule has 0 saturated carbocycles. The van der Waals surface area contributed by atoms with E-state index < -0.39 is 0 Å². The quantitative estimate of drug-likeness (QED) is 0.696. The molecule has 124 valence electrons. The van der Waals surface area contributed by atoms with Gasteiger partial charge in [0.15, 0.2) is 11.5 Å². The summed E-state index contributed by atoms with van der Waals surface area (Å²) in [4.78, 5) is 20.3. The van der Waals surface area contributed by atoms with Gasteiger partial charge < -0.3 is 14.6 Å². The predicted molar refractivity (Wildman–Crippen MR) is 94.1 cm³/mol. The van der Waals surface area contributed by atoms with E-state index in [1.165, 1.54) is 17.6 Å². The number of thiazole rings is 1. The highest BCUT2D eigenvalue weighted by molar-refractivity contribution is 7.13. The minimum absolute atomic E-state index is 0.201. The Labute approximate surface area is 142 Å². The van der Waals surface area contributed by atoms with E-state index in [4.69, 9.17) is 9.47 Å². The molecular weight excluding hydrogens is 328 g/mol. The molecule has 2 heterocycles. The molecule has 0 aliphatic heterocycles. The van der Waals surface area contributed by atoms with Gasteiger partial charge in [-0.1, -0.05) is 0 Å². The van der Waals surface area contributed by atoms with Crippen LogP contribution in [-0.4, -0.2) is 35.6 Å². The Balaban J connectivity index is 1.87. The van der Waals surface area contributed by atoms with E-state index in [1.54, 1.807) is 21.1 Å². The van der Waals surface area contributed by atoms with Crippen LogP contribution in [0.4, 0.5) is 5.13 Å². The summed E-state index contributed by atoms with van der Waals surface area (Å²) in [6, 6.07) is 5.60. The number of aromatic amines is 2. The van der Waals surface area contributed by atoms with Crippen LogP contribution in [0.15, 0.2) is 33.4 Å². The molecule has 7 nitrogen and oxygen atoms in total. The number of nitrogens with zero attached hydrogens (tertiary/aromatic N) is 2. The van der Waals surface area contributed by atoms with Gasteiger partial charge in [-0.15, -0.1) is 11.3 Å². The van der Waals surface area contributed by atoms with Crippen molar-refractivity contribution in [3.8, 4) is 22.8 Å². The number of rotatable bonds is 5. The lowest BCUT2D eigenvalue weighted by Gasteiger charge is -2.08. The average molecular weight is 344 g/mol. The fraction of sp³-hybridized carbons (Fsp3) is 0.188. The summed E-state index contributed by atoms with van der Waals surface area (Å²) in [6.07, 6.45) is 1.52. The Morgan fingerprint density at radius 1 is 1.21 bits per heavy atom. The van der Waals surface area contributed by atoms with Crippen LogP contribution in [0.5, 0.6) is 11.5 Å². The second kappa shape index (κ2) is 6.71. The summed E-state index contributed by atoms with van der Waals surface area (Å²) >= 11 is 1.40. The standard InChI is InChI=1S/C16H16N4O3S/c1-9-11(15(21)20-19-9)7-17-16-18-12(8-24-16)10-4-5-13(22-2)14(6-10)23-3/h4-8H,1-3H3,(H2,19,20,21). The predicted octanol–water partition coefficient (Wildman–Crippen LogP) is 2.90. The van der Waals surface area contributed by atoms with Gasteiger partial charge in [0.2, 0.25) is 5.13 Å². The zero-order chi connectivity index (χ0) is 17.1. The molecule has 2 aromatic heterocycles. The first kappa shape index (κ1) is 16.0. The Kier molecular flexibility index (Phi) is 4.48. The second-order valence-corrected chi connectivity index (χ2v) is 5.80. The number of aromatic nitrogens is 3. The van der Waals surface area contributed by atoms with Crippen molar-refractivity contribution in [3.63, 3.8) is 0 Å². The van der Waals surface area contributed by atoms with Crippen molar-refractivity contribution in [1.29, 1.82) is 0 Å². The highest BCUT2D eigenvalue weighted by Gasteiger charge is 2.09. The summed E-state index contributed by atoms with van der Waals surface area (Å²) in [5.41, 5.74) is 2.72. The molecule has 24 heavy (non-hydrogen) atoms. The van der Waals surface area contributed by atoms with E-state index in [0.29, 0.717) is 22.2 Å². The van der Waals surface area contributed by atoms with E-state index in [-0.39, 0.29) is 5.56 Å². The van der Waals surface area contributed by atoms with Gasteiger partial charge in [0.1, 0.15) is 0 Å². The van der Waals surface area contributed by atoms with Crippen molar-refractivity contribution in [1.82, 2.24) is 15.2 Å². The second-order valence-electron chi connectivity index (χ2n) is 4.96. The molecule has 0 aliphatic rings. The molecular formula is C16H16N4O3S. The number of nitrogens with one attached hydrogen (secondary N) is 2. The molecule has 8 heteroatoms. The summed E-state index contributed by atoms with van der Waals surface area (Å²) in [7, 11) is 3.19. The third-order valence-electron chi connectivity index (χ3n) is 3.49. The summed E-state index contributed by atoms with van der Waals surface area (Å²) in [6.45, 7) is 1.80. The highest BCUT2D eigenvalue weighted by Crippen LogP contribution is 2.33. The number of ether oxygens (including phenoxy) is 2. The van der Waals surface area contributed by atoms with Gasteiger partial charge in [-0.2, -0.15) is 0 Å². The van der Waals surface area contributed by atoms with Gasteiger partial charge in [-0.05, 0) is 25.1 Å². The van der Waals surface area contributed by atoms with Crippen LogP contribution in [0.25, 0.3) is 11.3 Å². The van der Waals surface area contributed by atoms with Crippen molar-refractivity contribution in [2.45, 2.75) is 6.92 Å². The Morgan fingerprint density at radius 2 is 2.00 bits per heavy atom. The maximum Gasteiger partial charge on any atom is 0.272 e. The van der Waals surface area contributed by atoms with Crippen molar-refractivity contribution in [2.24, 2.45) is 4.99 Å². The molecule has 1 aromatic carbocycles. The summed E-state index contributed by atoms with van der Waals surface area (Å²) in [5, 5.41) is 7.74. The molecule has 0 atom stereocenters. The minimum atomic E-state index is -0.201. The first-order valence-electron chi connectivity index (χ1n) is 7.11. The van der Waals surface area contributed by atoms with Gasteiger partial charge in [0.05, 0.1) is 25.5 Å². The topological polar surface area (TPSA) is 92.4 Å². The smallest absolute Gasteiger partial charge is 0.272 e. The van der Waals surface area contributed by atoms with Crippen LogP contribution in [-0.2, 0) is 0 Å². The van der Waals surface area contributed by atoms with Crippen LogP contribution in [0, 0.1) is 6.92 Å². The minimum Gasteiger partial charge on any atom is -0.493 e. The number of hydrogen-bond acceptors (Lipinski definition) is 6. The third kappa shape index (κ3) is 3.09. The number of H-pyrrole nitrogens is 2. The number of benzene rings is 1.